The van der Waals surface area contributed by atoms with Gasteiger partial charge in [-0.2, -0.15) is 0 Å². The summed E-state index contributed by atoms with van der Waals surface area (Å²) in [5.41, 5.74) is 1.22. The molecule has 1 aromatic rings. The first kappa shape index (κ1) is 14.5. The average Bonchev–Trinajstić information content (AvgIpc) is 2.42. The fourth-order valence-electron chi connectivity index (χ4n) is 1.66. The Hall–Kier alpha value is -1.55. The van der Waals surface area contributed by atoms with Gasteiger partial charge < -0.3 is 14.8 Å². The molecule has 1 atom stereocenters. The van der Waals surface area contributed by atoms with Crippen molar-refractivity contribution in [2.24, 2.45) is 5.92 Å². The summed E-state index contributed by atoms with van der Waals surface area (Å²) in [6.45, 7) is 3.32. The summed E-state index contributed by atoms with van der Waals surface area (Å²) in [4.78, 5) is 11.2. The first-order valence-corrected chi connectivity index (χ1v) is 6.09. The first-order valence-electron chi connectivity index (χ1n) is 6.09. The van der Waals surface area contributed by atoms with E-state index in [1.54, 1.807) is 7.11 Å². The number of ether oxygens (including phenoxy) is 2. The van der Waals surface area contributed by atoms with Crippen molar-refractivity contribution in [3.05, 3.63) is 29.8 Å². The van der Waals surface area contributed by atoms with Gasteiger partial charge in [-0.25, -0.2) is 0 Å². The van der Waals surface area contributed by atoms with Gasteiger partial charge in [-0.05, 0) is 30.7 Å². The lowest BCUT2D eigenvalue weighted by Crippen LogP contribution is -2.28. The van der Waals surface area contributed by atoms with Gasteiger partial charge in [0.1, 0.15) is 5.75 Å². The summed E-state index contributed by atoms with van der Waals surface area (Å²) in [7, 11) is 3.07. The number of carbonyl (C=O) groups excluding carboxylic acids is 1. The summed E-state index contributed by atoms with van der Waals surface area (Å²) in [6.07, 6.45) is 0.908. The van der Waals surface area contributed by atoms with Gasteiger partial charge in [0.05, 0.1) is 20.1 Å². The Morgan fingerprint density at radius 2 is 2.17 bits per heavy atom. The monoisotopic (exact) mass is 251 g/mol. The zero-order valence-corrected chi connectivity index (χ0v) is 11.2. The molecule has 0 heterocycles. The molecule has 0 saturated heterocycles. The number of carbonyl (C=O) groups is 1. The number of rotatable bonds is 7. The van der Waals surface area contributed by atoms with E-state index in [1.807, 2.05) is 25.1 Å². The van der Waals surface area contributed by atoms with Crippen LogP contribution in [0.5, 0.6) is 5.75 Å². The molecule has 1 N–H and O–H groups in total. The molecule has 0 aromatic heterocycles. The van der Waals surface area contributed by atoms with E-state index >= 15 is 0 Å². The van der Waals surface area contributed by atoms with Crippen molar-refractivity contribution >= 4 is 5.97 Å². The van der Waals surface area contributed by atoms with Gasteiger partial charge in [0.15, 0.2) is 0 Å². The molecule has 1 unspecified atom stereocenters. The predicted molar refractivity (Wildman–Crippen MR) is 70.7 cm³/mol. The SMILES string of the molecule is COC(=O)C(C)CNCCc1cccc(OC)c1. The zero-order valence-electron chi connectivity index (χ0n) is 11.2. The Labute approximate surface area is 108 Å². The molecule has 4 nitrogen and oxygen atoms in total. The predicted octanol–water partition coefficient (Wildman–Crippen LogP) is 1.64. The van der Waals surface area contributed by atoms with Crippen molar-refractivity contribution < 1.29 is 14.3 Å². The van der Waals surface area contributed by atoms with Crippen molar-refractivity contribution in [2.75, 3.05) is 27.3 Å². The molecule has 0 radical (unpaired) electrons. The number of methoxy groups -OCH3 is 2. The third-order valence-electron chi connectivity index (χ3n) is 2.78. The second-order valence-corrected chi connectivity index (χ2v) is 4.23. The molecule has 0 amide bonds. The van der Waals surface area contributed by atoms with E-state index in [0.29, 0.717) is 6.54 Å². The van der Waals surface area contributed by atoms with Crippen molar-refractivity contribution in [2.45, 2.75) is 13.3 Å². The van der Waals surface area contributed by atoms with Crippen LogP contribution in [0.1, 0.15) is 12.5 Å². The Balaban J connectivity index is 2.27. The van der Waals surface area contributed by atoms with Gasteiger partial charge in [0.25, 0.3) is 0 Å². The third-order valence-corrected chi connectivity index (χ3v) is 2.78. The first-order chi connectivity index (χ1) is 8.67. The molecule has 100 valence electrons. The maximum atomic E-state index is 11.2. The molecule has 0 bridgehead atoms. The van der Waals surface area contributed by atoms with E-state index in [1.165, 1.54) is 12.7 Å². The van der Waals surface area contributed by atoms with E-state index < -0.39 is 0 Å². The zero-order chi connectivity index (χ0) is 13.4. The molecule has 18 heavy (non-hydrogen) atoms. The van der Waals surface area contributed by atoms with Crippen LogP contribution < -0.4 is 10.1 Å². The summed E-state index contributed by atoms with van der Waals surface area (Å²) < 4.78 is 9.83. The van der Waals surface area contributed by atoms with Crippen LogP contribution in [0, 0.1) is 5.92 Å². The summed E-state index contributed by atoms with van der Waals surface area (Å²) >= 11 is 0. The highest BCUT2D eigenvalue weighted by atomic mass is 16.5. The van der Waals surface area contributed by atoms with E-state index in [0.717, 1.165) is 18.7 Å². The molecular formula is C14H21NO3. The molecule has 0 fully saturated rings. The largest absolute Gasteiger partial charge is 0.497 e. The van der Waals surface area contributed by atoms with E-state index in [4.69, 9.17) is 4.74 Å². The van der Waals surface area contributed by atoms with Gasteiger partial charge in [0, 0.05) is 6.54 Å². The number of hydrogen-bond acceptors (Lipinski definition) is 4. The Morgan fingerprint density at radius 3 is 2.83 bits per heavy atom. The highest BCUT2D eigenvalue weighted by Crippen LogP contribution is 2.12. The minimum absolute atomic E-state index is 0.111. The lowest BCUT2D eigenvalue weighted by molar-refractivity contribution is -0.144. The van der Waals surface area contributed by atoms with E-state index in [9.17, 15) is 4.79 Å². The van der Waals surface area contributed by atoms with Crippen LogP contribution in [0.15, 0.2) is 24.3 Å². The normalized spacial score (nSPS) is 11.9. The average molecular weight is 251 g/mol. The maximum absolute atomic E-state index is 11.2. The topological polar surface area (TPSA) is 47.6 Å². The molecule has 0 saturated carbocycles. The minimum Gasteiger partial charge on any atom is -0.497 e. The van der Waals surface area contributed by atoms with Gasteiger partial charge in [-0.3, -0.25) is 4.79 Å². The van der Waals surface area contributed by atoms with Crippen LogP contribution in [-0.4, -0.2) is 33.3 Å². The quantitative estimate of drug-likeness (QED) is 0.591. The summed E-state index contributed by atoms with van der Waals surface area (Å²) in [5.74, 6) is 0.583. The van der Waals surface area contributed by atoms with Crippen LogP contribution in [-0.2, 0) is 16.0 Å². The van der Waals surface area contributed by atoms with Gasteiger partial charge in [-0.1, -0.05) is 19.1 Å². The molecule has 1 aromatic carbocycles. The smallest absolute Gasteiger partial charge is 0.309 e. The standard InChI is InChI=1S/C14H21NO3/c1-11(14(16)18-3)10-15-8-7-12-5-4-6-13(9-12)17-2/h4-6,9,11,15H,7-8,10H2,1-3H3. The van der Waals surface area contributed by atoms with E-state index in [-0.39, 0.29) is 11.9 Å². The fraction of sp³-hybridized carbons (Fsp3) is 0.500. The number of nitrogens with one attached hydrogen (secondary N) is 1. The molecule has 0 spiro atoms. The van der Waals surface area contributed by atoms with Crippen molar-refractivity contribution in [1.82, 2.24) is 5.32 Å². The van der Waals surface area contributed by atoms with Crippen molar-refractivity contribution in [1.29, 1.82) is 0 Å². The van der Waals surface area contributed by atoms with E-state index in [2.05, 4.69) is 16.1 Å². The molecule has 0 aliphatic rings. The lowest BCUT2D eigenvalue weighted by atomic mass is 10.1. The molecule has 0 aliphatic heterocycles. The van der Waals surface area contributed by atoms with Gasteiger partial charge in [0.2, 0.25) is 0 Å². The maximum Gasteiger partial charge on any atom is 0.309 e. The number of esters is 1. The summed E-state index contributed by atoms with van der Waals surface area (Å²) in [5, 5.41) is 3.24. The Morgan fingerprint density at radius 1 is 1.39 bits per heavy atom. The van der Waals surface area contributed by atoms with Gasteiger partial charge >= 0.3 is 5.97 Å². The molecule has 4 heteroatoms. The third kappa shape index (κ3) is 4.75. The van der Waals surface area contributed by atoms with Crippen LogP contribution in [0.25, 0.3) is 0 Å². The van der Waals surface area contributed by atoms with Crippen molar-refractivity contribution in [3.63, 3.8) is 0 Å². The van der Waals surface area contributed by atoms with Crippen molar-refractivity contribution in [3.8, 4) is 5.75 Å². The minimum atomic E-state index is -0.177. The Kier molecular flexibility index (Phi) is 6.22. The highest BCUT2D eigenvalue weighted by Gasteiger charge is 2.11. The van der Waals surface area contributed by atoms with Gasteiger partial charge in [-0.15, -0.1) is 0 Å². The van der Waals surface area contributed by atoms with Crippen LogP contribution in [0.4, 0.5) is 0 Å². The highest BCUT2D eigenvalue weighted by molar-refractivity contribution is 5.71. The Bertz CT molecular complexity index is 379. The molecular weight excluding hydrogens is 230 g/mol. The number of hydrogen-bond donors (Lipinski definition) is 1. The van der Waals surface area contributed by atoms with Crippen LogP contribution >= 0.6 is 0 Å². The second kappa shape index (κ2) is 7.71. The fourth-order valence-corrected chi connectivity index (χ4v) is 1.66. The molecule has 0 aliphatic carbocycles. The second-order valence-electron chi connectivity index (χ2n) is 4.23. The van der Waals surface area contributed by atoms with Crippen LogP contribution in [0.2, 0.25) is 0 Å². The summed E-state index contributed by atoms with van der Waals surface area (Å²) in [6, 6.07) is 7.99. The molecule has 1 rings (SSSR count). The van der Waals surface area contributed by atoms with Crippen LogP contribution in [0.3, 0.4) is 0 Å². The number of benzene rings is 1. The lowest BCUT2D eigenvalue weighted by Gasteiger charge is -2.10.